The molecule has 8 nitrogen and oxygen atoms in total. The number of likely N-dealkylation sites (tertiary alicyclic amines) is 1. The number of nitrogens with zero attached hydrogens (tertiary/aromatic N) is 8. The molecule has 0 N–H and O–H groups in total. The molecule has 0 radical (unpaired) electrons. The molecule has 0 unspecified atom stereocenters. The van der Waals surface area contributed by atoms with Crippen molar-refractivity contribution in [3.63, 3.8) is 0 Å². The maximum Gasteiger partial charge on any atom is 0.0553 e. The molecular weight excluding hydrogens is 364 g/mol. The minimum atomic E-state index is 0. The maximum atomic E-state index is 4.01. The Morgan fingerprint density at radius 3 is 1.14 bits per heavy atom. The van der Waals surface area contributed by atoms with Crippen LogP contribution < -0.4 is 0 Å². The van der Waals surface area contributed by atoms with Crippen LogP contribution in [0.25, 0.3) is 0 Å². The Kier molecular flexibility index (Phi) is 17.8. The molecule has 3 heterocycles. The molecule has 0 amide bonds. The molecule has 3 rings (SSSR count). The van der Waals surface area contributed by atoms with Gasteiger partial charge < -0.3 is 14.7 Å². The Balaban J connectivity index is 0. The smallest absolute Gasteiger partial charge is 0.0553 e. The Labute approximate surface area is 180 Å². The summed E-state index contributed by atoms with van der Waals surface area (Å²) in [5.41, 5.74) is 0. The maximum absolute atomic E-state index is 4.01. The van der Waals surface area contributed by atoms with Crippen LogP contribution in [0.1, 0.15) is 27.7 Å². The predicted octanol–water partition coefficient (Wildman–Crippen LogP) is 1.75. The van der Waals surface area contributed by atoms with Gasteiger partial charge >= 0.3 is 0 Å². The second kappa shape index (κ2) is 17.4. The molecule has 3 saturated heterocycles. The highest BCUT2D eigenvalue weighted by atomic mass is 15.5. The van der Waals surface area contributed by atoms with Crippen molar-refractivity contribution in [2.24, 2.45) is 15.2 Å². The number of hydrogen-bond donors (Lipinski definition) is 0. The fourth-order valence-electron chi connectivity index (χ4n) is 3.05. The van der Waals surface area contributed by atoms with Gasteiger partial charge in [-0.2, -0.15) is 10.2 Å². The lowest BCUT2D eigenvalue weighted by molar-refractivity contribution is 0.142. The summed E-state index contributed by atoms with van der Waals surface area (Å²) in [6, 6.07) is 0.543. The van der Waals surface area contributed by atoms with Crippen molar-refractivity contribution in [1.29, 1.82) is 0 Å². The molecule has 0 aromatic heterocycles. The molecule has 3 aliphatic heterocycles. The second-order valence-electron chi connectivity index (χ2n) is 7.51. The van der Waals surface area contributed by atoms with E-state index in [0.717, 1.165) is 26.2 Å². The first-order chi connectivity index (χ1) is 13.0. The number of piperazine rings is 2. The van der Waals surface area contributed by atoms with E-state index in [9.17, 15) is 0 Å². The van der Waals surface area contributed by atoms with Crippen LogP contribution in [0.15, 0.2) is 15.2 Å². The molecule has 8 heteroatoms. The molecule has 0 atom stereocenters. The third-order valence-corrected chi connectivity index (χ3v) is 5.31. The van der Waals surface area contributed by atoms with Crippen molar-refractivity contribution < 1.29 is 0 Å². The van der Waals surface area contributed by atoms with Crippen molar-refractivity contribution in [3.05, 3.63) is 0 Å². The molecule has 0 aromatic carbocycles. The first-order valence-corrected chi connectivity index (χ1v) is 9.93. The minimum absolute atomic E-state index is 0. The zero-order valence-electron chi connectivity index (χ0n) is 17.8. The number of hydrogen-bond acceptors (Lipinski definition) is 8. The summed E-state index contributed by atoms with van der Waals surface area (Å²) >= 11 is 0. The van der Waals surface area contributed by atoms with E-state index in [-0.39, 0.29) is 14.9 Å². The molecule has 0 spiro atoms. The summed E-state index contributed by atoms with van der Waals surface area (Å²) in [6.45, 7) is 21.4. The zero-order chi connectivity index (χ0) is 20.1. The summed E-state index contributed by atoms with van der Waals surface area (Å²) < 4.78 is 0. The van der Waals surface area contributed by atoms with Gasteiger partial charge in [0.15, 0.2) is 0 Å². The van der Waals surface area contributed by atoms with E-state index in [2.05, 4.69) is 71.2 Å². The lowest BCUT2D eigenvalue weighted by Gasteiger charge is -2.30. The monoisotopic (exact) mass is 412 g/mol. The Morgan fingerprint density at radius 1 is 0.552 bits per heavy atom. The van der Waals surface area contributed by atoms with Crippen molar-refractivity contribution in [1.82, 2.24) is 24.7 Å². The quantitative estimate of drug-likeness (QED) is 0.661. The Bertz CT molecular complexity index is 381. The number of likely N-dealkylation sites (N-methyl/N-ethyl adjacent to an activating group) is 2. The van der Waals surface area contributed by atoms with Crippen LogP contribution in [0.5, 0.6) is 0 Å². The summed E-state index contributed by atoms with van der Waals surface area (Å²) in [5, 5.41) is 11.5. The minimum Gasteiger partial charge on any atom is -0.306 e. The number of piperidine rings is 1. The van der Waals surface area contributed by atoms with Crippen molar-refractivity contribution in [2.75, 3.05) is 86.6 Å². The average molecular weight is 413 g/mol. The second-order valence-corrected chi connectivity index (χ2v) is 7.51. The van der Waals surface area contributed by atoms with E-state index in [1.165, 1.54) is 52.1 Å². The molecule has 0 saturated carbocycles. The third-order valence-electron chi connectivity index (χ3n) is 5.31. The third kappa shape index (κ3) is 13.4. The normalized spacial score (nSPS) is 21.2. The SMILES string of the molecule is C.C.C=NC1CCN(C)CC1.C=NN1CCN(N=C)CC1.CN1CCN(C)CC1. The van der Waals surface area contributed by atoms with Gasteiger partial charge in [-0.1, -0.05) is 14.9 Å². The molecule has 3 aliphatic rings. The van der Waals surface area contributed by atoms with E-state index in [4.69, 9.17) is 0 Å². The first-order valence-electron chi connectivity index (χ1n) is 9.93. The molecule has 29 heavy (non-hydrogen) atoms. The van der Waals surface area contributed by atoms with E-state index >= 15 is 0 Å². The molecule has 0 aromatic rings. The Morgan fingerprint density at radius 2 is 0.862 bits per heavy atom. The van der Waals surface area contributed by atoms with Crippen LogP contribution in [0.2, 0.25) is 0 Å². The van der Waals surface area contributed by atoms with Crippen LogP contribution in [-0.4, -0.2) is 138 Å². The lowest BCUT2D eigenvalue weighted by Crippen LogP contribution is -2.42. The van der Waals surface area contributed by atoms with Crippen molar-refractivity contribution in [3.8, 4) is 0 Å². The standard InChI is InChI=1S/C7H14N2.C6H12N4.C6H14N2.2CH4/c1-8-7-3-5-9(2)6-4-7;1-7-9-3-5-10(8-2)6-4-9;1-7-3-5-8(2)6-4-7;;/h7H,1,3-6H2,2H3;1-6H2;3-6H2,1-2H3;2*1H4. The predicted molar refractivity (Wildman–Crippen MR) is 131 cm³/mol. The van der Waals surface area contributed by atoms with Gasteiger partial charge in [-0.25, -0.2) is 0 Å². The summed E-state index contributed by atoms with van der Waals surface area (Å²) in [6.07, 6.45) is 2.39. The van der Waals surface area contributed by atoms with Crippen molar-refractivity contribution in [2.45, 2.75) is 33.7 Å². The number of rotatable bonds is 3. The van der Waals surface area contributed by atoms with Gasteiger partial charge in [0.25, 0.3) is 0 Å². The molecule has 172 valence electrons. The van der Waals surface area contributed by atoms with Gasteiger partial charge in [0.05, 0.1) is 32.2 Å². The Hall–Kier alpha value is -1.51. The van der Waals surface area contributed by atoms with E-state index in [0.29, 0.717) is 6.04 Å². The van der Waals surface area contributed by atoms with Crippen LogP contribution in [0.4, 0.5) is 0 Å². The van der Waals surface area contributed by atoms with Crippen molar-refractivity contribution >= 4 is 20.2 Å². The van der Waals surface area contributed by atoms with Crippen LogP contribution in [0, 0.1) is 0 Å². The van der Waals surface area contributed by atoms with Crippen LogP contribution in [0.3, 0.4) is 0 Å². The van der Waals surface area contributed by atoms with Gasteiger partial charge in [0.1, 0.15) is 0 Å². The summed E-state index contributed by atoms with van der Waals surface area (Å²) in [5.74, 6) is 0. The van der Waals surface area contributed by atoms with Gasteiger partial charge in [-0.3, -0.25) is 15.0 Å². The molecule has 0 aliphatic carbocycles. The van der Waals surface area contributed by atoms with Gasteiger partial charge in [0.2, 0.25) is 0 Å². The number of aliphatic imine (C=N–C) groups is 1. The van der Waals surface area contributed by atoms with Gasteiger partial charge in [0, 0.05) is 39.6 Å². The fourth-order valence-corrected chi connectivity index (χ4v) is 3.05. The lowest BCUT2D eigenvalue weighted by atomic mass is 10.1. The number of hydrazone groups is 2. The van der Waals surface area contributed by atoms with E-state index in [1.807, 2.05) is 10.0 Å². The average Bonchev–Trinajstić information content (AvgIpc) is 2.72. The van der Waals surface area contributed by atoms with E-state index in [1.54, 1.807) is 0 Å². The molecule has 0 bridgehead atoms. The van der Waals surface area contributed by atoms with E-state index < -0.39 is 0 Å². The van der Waals surface area contributed by atoms with Crippen LogP contribution >= 0.6 is 0 Å². The topological polar surface area (TPSA) is 53.3 Å². The largest absolute Gasteiger partial charge is 0.306 e. The first kappa shape index (κ1) is 29.7. The highest BCUT2D eigenvalue weighted by Crippen LogP contribution is 2.10. The highest BCUT2D eigenvalue weighted by molar-refractivity contribution is 5.24. The zero-order valence-corrected chi connectivity index (χ0v) is 17.8. The molecule has 3 fully saturated rings. The summed E-state index contributed by atoms with van der Waals surface area (Å²) in [7, 11) is 6.50. The molecular formula is C21H48N8. The summed E-state index contributed by atoms with van der Waals surface area (Å²) in [4.78, 5) is 11.1. The van der Waals surface area contributed by atoms with Gasteiger partial charge in [-0.15, -0.1) is 0 Å². The fraction of sp³-hybridized carbons (Fsp3) is 0.857. The van der Waals surface area contributed by atoms with Gasteiger partial charge in [-0.05, 0) is 53.8 Å². The highest BCUT2D eigenvalue weighted by Gasteiger charge is 2.13. The van der Waals surface area contributed by atoms with Crippen LogP contribution in [-0.2, 0) is 0 Å².